The van der Waals surface area contributed by atoms with Crippen molar-refractivity contribution in [2.24, 2.45) is 0 Å². The fourth-order valence-corrected chi connectivity index (χ4v) is 9.60. The summed E-state index contributed by atoms with van der Waals surface area (Å²) in [4.78, 5) is 31.9. The number of amides is 1. The van der Waals surface area contributed by atoms with Gasteiger partial charge >= 0.3 is 5.97 Å². The Morgan fingerprint density at radius 2 is 1.81 bits per heavy atom. The number of carbonyl (C=O) groups is 2. The maximum atomic E-state index is 14.0. The van der Waals surface area contributed by atoms with E-state index in [0.717, 1.165) is 28.9 Å². The first-order chi connectivity index (χ1) is 22.4. The van der Waals surface area contributed by atoms with Gasteiger partial charge in [-0.3, -0.25) is 9.78 Å². The fraction of sp³-hybridized carbons (Fsp3) is 0.406. The zero-order valence-electron chi connectivity index (χ0n) is 25.9. The van der Waals surface area contributed by atoms with Crippen LogP contribution in [-0.4, -0.2) is 79.1 Å². The van der Waals surface area contributed by atoms with E-state index in [1.807, 2.05) is 0 Å². The van der Waals surface area contributed by atoms with Crippen LogP contribution in [0.25, 0.3) is 0 Å². The predicted octanol–water partition coefficient (Wildman–Crippen LogP) is 5.73. The number of pyridine rings is 1. The van der Waals surface area contributed by atoms with Gasteiger partial charge in [-0.15, -0.1) is 11.8 Å². The highest BCUT2D eigenvalue weighted by atomic mass is 35.5. The number of fused-ring (bicyclic) bond motifs is 1. The number of rotatable bonds is 9. The van der Waals surface area contributed by atoms with Crippen LogP contribution in [0.5, 0.6) is 17.2 Å². The van der Waals surface area contributed by atoms with Crippen LogP contribution in [-0.2, 0) is 26.0 Å². The first-order valence-electron chi connectivity index (χ1n) is 15.0. The number of esters is 1. The van der Waals surface area contributed by atoms with Crippen LogP contribution in [0, 0.1) is 0 Å². The van der Waals surface area contributed by atoms with E-state index in [4.69, 9.17) is 42.1 Å². The SMILES string of the molecule is COc1ccc([C@H](Cc2c(Cl)cncc2Cl)OC(=O)[C@@H]2SCCN2S(=O)(=O)c2cccc(C(=O)N(C)C)c2)c2c1OC1(CCCC1)O2. The average molecular weight is 723 g/mol. The molecule has 1 aromatic heterocycles. The van der Waals surface area contributed by atoms with Crippen molar-refractivity contribution >= 4 is 56.9 Å². The molecule has 3 aromatic rings. The number of methoxy groups -OCH3 is 1. The highest BCUT2D eigenvalue weighted by molar-refractivity contribution is 8.02. The summed E-state index contributed by atoms with van der Waals surface area (Å²) in [5.41, 5.74) is 1.20. The van der Waals surface area contributed by atoms with Gasteiger partial charge in [0.05, 0.1) is 22.1 Å². The molecule has 1 amide bonds. The summed E-state index contributed by atoms with van der Waals surface area (Å²) in [7, 11) is 0.504. The van der Waals surface area contributed by atoms with Gasteiger partial charge in [0, 0.05) is 69.2 Å². The minimum absolute atomic E-state index is 0.0416. The van der Waals surface area contributed by atoms with Crippen LogP contribution < -0.4 is 14.2 Å². The molecule has 2 aliphatic heterocycles. The van der Waals surface area contributed by atoms with Crippen LogP contribution in [0.2, 0.25) is 10.0 Å². The second-order valence-electron chi connectivity index (χ2n) is 11.6. The van der Waals surface area contributed by atoms with E-state index in [9.17, 15) is 18.0 Å². The standard InChI is InChI=1S/C32H33Cl2N3O8S2/c1-36(2)29(38)19-7-6-8-20(15-19)47(40,41)37-13-14-46-30(37)31(39)43-26(16-22-23(33)17-35-18-24(22)34)21-9-10-25(42-3)28-27(21)44-32(45-28)11-4-5-12-32/h6-10,15,17-18,26,30H,4-5,11-14,16H2,1-3H3/t26-,30-/m0/s1. The fourth-order valence-electron chi connectivity index (χ4n) is 5.99. The predicted molar refractivity (Wildman–Crippen MR) is 177 cm³/mol. The Kier molecular flexibility index (Phi) is 9.56. The van der Waals surface area contributed by atoms with Gasteiger partial charge in [-0.25, -0.2) is 13.2 Å². The summed E-state index contributed by atoms with van der Waals surface area (Å²) in [6.45, 7) is 0.0721. The zero-order valence-corrected chi connectivity index (χ0v) is 29.0. The van der Waals surface area contributed by atoms with E-state index < -0.39 is 33.3 Å². The first kappa shape index (κ1) is 33.7. The molecule has 1 saturated heterocycles. The highest BCUT2D eigenvalue weighted by Gasteiger charge is 2.48. The number of aromatic nitrogens is 1. The number of halogens is 2. The third-order valence-corrected chi connectivity index (χ3v) is 12.2. The zero-order chi connectivity index (χ0) is 33.5. The molecule has 6 rings (SSSR count). The number of sulfonamides is 1. The summed E-state index contributed by atoms with van der Waals surface area (Å²) >= 11 is 14.2. The second kappa shape index (κ2) is 13.3. The molecular weight excluding hydrogens is 689 g/mol. The Balaban J connectivity index is 1.35. The van der Waals surface area contributed by atoms with Gasteiger partial charge < -0.3 is 23.8 Å². The van der Waals surface area contributed by atoms with Crippen LogP contribution in [0.15, 0.2) is 53.7 Å². The van der Waals surface area contributed by atoms with Gasteiger partial charge in [0.1, 0.15) is 6.10 Å². The quantitative estimate of drug-likeness (QED) is 0.253. The molecule has 3 aliphatic rings. The normalized spacial score (nSPS) is 19.1. The molecule has 15 heteroatoms. The highest BCUT2D eigenvalue weighted by Crippen LogP contribution is 2.54. The van der Waals surface area contributed by atoms with E-state index in [-0.39, 0.29) is 39.4 Å². The molecule has 0 bridgehead atoms. The number of ether oxygens (including phenoxy) is 4. The topological polar surface area (TPSA) is 125 Å². The number of hydrogen-bond acceptors (Lipinski definition) is 10. The number of thioether (sulfide) groups is 1. The first-order valence-corrected chi connectivity index (χ1v) is 18.2. The molecule has 0 unspecified atom stereocenters. The summed E-state index contributed by atoms with van der Waals surface area (Å²) in [6.07, 6.45) is 5.16. The van der Waals surface area contributed by atoms with Crippen LogP contribution in [0.3, 0.4) is 0 Å². The summed E-state index contributed by atoms with van der Waals surface area (Å²) < 4.78 is 53.5. The summed E-state index contributed by atoms with van der Waals surface area (Å²) in [6, 6.07) is 9.21. The van der Waals surface area contributed by atoms with Crippen LogP contribution >= 0.6 is 35.0 Å². The number of hydrogen-bond donors (Lipinski definition) is 0. The van der Waals surface area contributed by atoms with Gasteiger partial charge in [-0.2, -0.15) is 4.31 Å². The van der Waals surface area contributed by atoms with Gasteiger partial charge in [0.2, 0.25) is 15.8 Å². The molecule has 0 N–H and O–H groups in total. The molecular formula is C32H33Cl2N3O8S2. The lowest BCUT2D eigenvalue weighted by Gasteiger charge is -2.26. The second-order valence-corrected chi connectivity index (χ2v) is 15.5. The molecule has 1 spiro atoms. The molecule has 1 aliphatic carbocycles. The Morgan fingerprint density at radius 1 is 1.11 bits per heavy atom. The number of benzene rings is 2. The summed E-state index contributed by atoms with van der Waals surface area (Å²) in [5, 5.41) is -0.636. The van der Waals surface area contributed by atoms with Gasteiger partial charge in [0.15, 0.2) is 16.9 Å². The molecule has 2 fully saturated rings. The van der Waals surface area contributed by atoms with Crippen LogP contribution in [0.1, 0.15) is 53.3 Å². The van der Waals surface area contributed by atoms with Crippen molar-refractivity contribution in [1.82, 2.24) is 14.2 Å². The van der Waals surface area contributed by atoms with E-state index in [1.54, 1.807) is 32.3 Å². The number of carbonyl (C=O) groups excluding carboxylic acids is 2. The lowest BCUT2D eigenvalue weighted by molar-refractivity contribution is -0.150. The Bertz CT molecular complexity index is 1800. The maximum absolute atomic E-state index is 14.0. The lowest BCUT2D eigenvalue weighted by atomic mass is 10.00. The largest absolute Gasteiger partial charge is 0.493 e. The van der Waals surface area contributed by atoms with Crippen molar-refractivity contribution in [2.45, 2.75) is 54.3 Å². The Morgan fingerprint density at radius 3 is 2.49 bits per heavy atom. The monoisotopic (exact) mass is 721 g/mol. The van der Waals surface area contributed by atoms with Crippen molar-refractivity contribution in [3.8, 4) is 17.2 Å². The molecule has 1 saturated carbocycles. The molecule has 2 aromatic carbocycles. The molecule has 250 valence electrons. The molecule has 2 atom stereocenters. The van der Waals surface area contributed by atoms with Crippen molar-refractivity contribution in [1.29, 1.82) is 0 Å². The maximum Gasteiger partial charge on any atom is 0.335 e. The van der Waals surface area contributed by atoms with E-state index in [0.29, 0.717) is 47.0 Å². The van der Waals surface area contributed by atoms with Gasteiger partial charge in [0.25, 0.3) is 11.7 Å². The van der Waals surface area contributed by atoms with Crippen molar-refractivity contribution in [3.63, 3.8) is 0 Å². The third-order valence-electron chi connectivity index (χ3n) is 8.36. The van der Waals surface area contributed by atoms with E-state index >= 15 is 0 Å². The van der Waals surface area contributed by atoms with Gasteiger partial charge in [-0.1, -0.05) is 29.3 Å². The average Bonchev–Trinajstić information content (AvgIpc) is 3.82. The molecule has 3 heterocycles. The lowest BCUT2D eigenvalue weighted by Crippen LogP contribution is -2.41. The van der Waals surface area contributed by atoms with Crippen molar-refractivity contribution < 1.29 is 37.0 Å². The van der Waals surface area contributed by atoms with Crippen molar-refractivity contribution in [3.05, 3.63) is 75.5 Å². The number of nitrogens with zero attached hydrogens (tertiary/aromatic N) is 3. The Labute approximate surface area is 287 Å². The van der Waals surface area contributed by atoms with E-state index in [2.05, 4.69) is 4.98 Å². The molecule has 47 heavy (non-hydrogen) atoms. The summed E-state index contributed by atoms with van der Waals surface area (Å²) in [5.74, 6) is -0.344. The minimum atomic E-state index is -4.19. The smallest absolute Gasteiger partial charge is 0.335 e. The van der Waals surface area contributed by atoms with Crippen molar-refractivity contribution in [2.75, 3.05) is 33.5 Å². The third kappa shape index (κ3) is 6.48. The molecule has 0 radical (unpaired) electrons. The minimum Gasteiger partial charge on any atom is -0.493 e. The van der Waals surface area contributed by atoms with E-state index in [1.165, 1.54) is 42.6 Å². The van der Waals surface area contributed by atoms with Crippen LogP contribution in [0.4, 0.5) is 0 Å². The molecule has 11 nitrogen and oxygen atoms in total. The van der Waals surface area contributed by atoms with Gasteiger partial charge in [-0.05, 0) is 48.7 Å². The Hall–Kier alpha value is -3.23.